The van der Waals surface area contributed by atoms with E-state index in [0.717, 1.165) is 5.56 Å². The van der Waals surface area contributed by atoms with Crippen molar-refractivity contribution in [2.75, 3.05) is 5.32 Å². The van der Waals surface area contributed by atoms with E-state index in [1.54, 1.807) is 49.4 Å². The molecule has 0 aliphatic carbocycles. The van der Waals surface area contributed by atoms with Gasteiger partial charge in [0, 0.05) is 16.3 Å². The van der Waals surface area contributed by atoms with Crippen molar-refractivity contribution >= 4 is 29.2 Å². The highest BCUT2D eigenvalue weighted by atomic mass is 35.5. The number of carbonyl (C=O) groups excluding carboxylic acids is 2. The van der Waals surface area contributed by atoms with Crippen molar-refractivity contribution in [3.63, 3.8) is 0 Å². The number of rotatable bonds is 5. The zero-order chi connectivity index (χ0) is 19.4. The van der Waals surface area contributed by atoms with E-state index in [2.05, 4.69) is 15.5 Å². The maximum absolute atomic E-state index is 12.3. The van der Waals surface area contributed by atoms with Gasteiger partial charge in [0.15, 0.2) is 6.10 Å². The molecule has 0 spiro atoms. The van der Waals surface area contributed by atoms with Crippen LogP contribution in [0.3, 0.4) is 0 Å². The van der Waals surface area contributed by atoms with Crippen molar-refractivity contribution in [2.45, 2.75) is 20.0 Å². The lowest BCUT2D eigenvalue weighted by molar-refractivity contribution is -0.123. The van der Waals surface area contributed by atoms with E-state index in [4.69, 9.17) is 20.8 Å². The molecule has 0 aliphatic heterocycles. The highest BCUT2D eigenvalue weighted by molar-refractivity contribution is 6.31. The number of carbonyl (C=O) groups is 2. The van der Waals surface area contributed by atoms with Crippen LogP contribution in [0.2, 0.25) is 5.02 Å². The number of ether oxygens (including phenoxy) is 1. The van der Waals surface area contributed by atoms with Crippen LogP contribution in [0.4, 0.5) is 5.69 Å². The van der Waals surface area contributed by atoms with E-state index in [9.17, 15) is 9.59 Å². The van der Waals surface area contributed by atoms with Gasteiger partial charge in [-0.3, -0.25) is 4.79 Å². The van der Waals surface area contributed by atoms with E-state index < -0.39 is 18.0 Å². The van der Waals surface area contributed by atoms with Crippen LogP contribution in [0, 0.1) is 6.92 Å². The summed E-state index contributed by atoms with van der Waals surface area (Å²) >= 11 is 6.04. The molecule has 0 unspecified atom stereocenters. The van der Waals surface area contributed by atoms with E-state index in [1.165, 1.54) is 13.3 Å². The fourth-order valence-electron chi connectivity index (χ4n) is 2.31. The molecular weight excluding hydrogens is 370 g/mol. The molecule has 27 heavy (non-hydrogen) atoms. The zero-order valence-electron chi connectivity index (χ0n) is 14.6. The minimum atomic E-state index is -0.980. The van der Waals surface area contributed by atoms with E-state index in [1.807, 2.05) is 0 Å². The van der Waals surface area contributed by atoms with Gasteiger partial charge in [-0.15, -0.1) is 10.2 Å². The van der Waals surface area contributed by atoms with Crippen LogP contribution in [-0.2, 0) is 9.53 Å². The molecule has 3 rings (SSSR count). The van der Waals surface area contributed by atoms with Crippen molar-refractivity contribution in [2.24, 2.45) is 0 Å². The number of nitrogens with zero attached hydrogens (tertiary/aromatic N) is 2. The summed E-state index contributed by atoms with van der Waals surface area (Å²) in [6.45, 7) is 3.29. The molecule has 1 N–H and O–H groups in total. The van der Waals surface area contributed by atoms with Crippen LogP contribution in [0.25, 0.3) is 11.5 Å². The normalized spacial score (nSPS) is 11.7. The van der Waals surface area contributed by atoms with Crippen molar-refractivity contribution in [1.82, 2.24) is 10.2 Å². The highest BCUT2D eigenvalue weighted by Gasteiger charge is 2.20. The Balaban J connectivity index is 1.63. The van der Waals surface area contributed by atoms with Crippen molar-refractivity contribution in [3.05, 3.63) is 65.0 Å². The topological polar surface area (TPSA) is 94.3 Å². The first-order valence-corrected chi connectivity index (χ1v) is 8.47. The van der Waals surface area contributed by atoms with Gasteiger partial charge in [-0.05, 0) is 55.8 Å². The van der Waals surface area contributed by atoms with Gasteiger partial charge in [-0.25, -0.2) is 4.79 Å². The summed E-state index contributed by atoms with van der Waals surface area (Å²) in [5.41, 5.74) is 2.28. The Morgan fingerprint density at radius 3 is 2.59 bits per heavy atom. The summed E-state index contributed by atoms with van der Waals surface area (Å²) in [5.74, 6) is -0.715. The lowest BCUT2D eigenvalue weighted by Gasteiger charge is -2.15. The fourth-order valence-corrected chi connectivity index (χ4v) is 2.48. The van der Waals surface area contributed by atoms with Gasteiger partial charge in [0.2, 0.25) is 12.3 Å². The molecule has 3 aromatic rings. The number of benzene rings is 2. The first-order chi connectivity index (χ1) is 13.0. The third kappa shape index (κ3) is 4.32. The van der Waals surface area contributed by atoms with E-state index in [0.29, 0.717) is 27.7 Å². The first-order valence-electron chi connectivity index (χ1n) is 8.09. The van der Waals surface area contributed by atoms with Crippen molar-refractivity contribution in [3.8, 4) is 11.5 Å². The average molecular weight is 386 g/mol. The lowest BCUT2D eigenvalue weighted by Crippen LogP contribution is -2.30. The highest BCUT2D eigenvalue weighted by Crippen LogP contribution is 2.23. The number of hydrogen-bond donors (Lipinski definition) is 1. The van der Waals surface area contributed by atoms with E-state index >= 15 is 0 Å². The molecule has 0 fully saturated rings. The van der Waals surface area contributed by atoms with Crippen molar-refractivity contribution in [1.29, 1.82) is 0 Å². The van der Waals surface area contributed by atoms with Gasteiger partial charge >= 0.3 is 5.97 Å². The Labute approximate surface area is 160 Å². The SMILES string of the molecule is Cc1c(Cl)cccc1NC(=O)[C@H](C)OC(=O)c1ccc(-c2nnco2)cc1. The molecule has 7 nitrogen and oxygen atoms in total. The third-order valence-corrected chi connectivity index (χ3v) is 4.32. The van der Waals surface area contributed by atoms with Crippen LogP contribution >= 0.6 is 11.6 Å². The maximum Gasteiger partial charge on any atom is 0.338 e. The summed E-state index contributed by atoms with van der Waals surface area (Å²) in [6, 6.07) is 11.6. The quantitative estimate of drug-likeness (QED) is 0.670. The maximum atomic E-state index is 12.3. The predicted molar refractivity (Wildman–Crippen MR) is 99.4 cm³/mol. The molecule has 0 saturated heterocycles. The molecule has 8 heteroatoms. The summed E-state index contributed by atoms with van der Waals surface area (Å²) < 4.78 is 10.3. The molecule has 1 aromatic heterocycles. The Morgan fingerprint density at radius 2 is 1.93 bits per heavy atom. The number of esters is 1. The van der Waals surface area contributed by atoms with Crippen LogP contribution in [0.5, 0.6) is 0 Å². The van der Waals surface area contributed by atoms with Gasteiger partial charge in [-0.1, -0.05) is 17.7 Å². The number of halogens is 1. The van der Waals surface area contributed by atoms with Gasteiger partial charge in [0.05, 0.1) is 5.56 Å². The second-order valence-corrected chi connectivity index (χ2v) is 6.18. The van der Waals surface area contributed by atoms with Crippen LogP contribution in [0.15, 0.2) is 53.3 Å². The number of hydrogen-bond acceptors (Lipinski definition) is 6. The number of amides is 1. The van der Waals surface area contributed by atoms with Gasteiger partial charge in [0.25, 0.3) is 5.91 Å². The lowest BCUT2D eigenvalue weighted by atomic mass is 10.1. The van der Waals surface area contributed by atoms with Crippen molar-refractivity contribution < 1.29 is 18.7 Å². The largest absolute Gasteiger partial charge is 0.449 e. The monoisotopic (exact) mass is 385 g/mol. The van der Waals surface area contributed by atoms with Gasteiger partial charge < -0.3 is 14.5 Å². The number of anilines is 1. The fraction of sp³-hybridized carbons (Fsp3) is 0.158. The number of aromatic nitrogens is 2. The molecule has 1 amide bonds. The molecule has 0 aliphatic rings. The summed E-state index contributed by atoms with van der Waals surface area (Å²) in [6.07, 6.45) is 0.242. The number of nitrogens with one attached hydrogen (secondary N) is 1. The van der Waals surface area contributed by atoms with Gasteiger partial charge in [-0.2, -0.15) is 0 Å². The van der Waals surface area contributed by atoms with Crippen LogP contribution < -0.4 is 5.32 Å². The van der Waals surface area contributed by atoms with Crippen LogP contribution in [-0.4, -0.2) is 28.2 Å². The Bertz CT molecular complexity index is 956. The first kappa shape index (κ1) is 18.6. The van der Waals surface area contributed by atoms with Crippen LogP contribution in [0.1, 0.15) is 22.8 Å². The minimum absolute atomic E-state index is 0.303. The second-order valence-electron chi connectivity index (χ2n) is 5.77. The Morgan fingerprint density at radius 1 is 1.19 bits per heavy atom. The zero-order valence-corrected chi connectivity index (χ0v) is 15.4. The molecule has 2 aromatic carbocycles. The minimum Gasteiger partial charge on any atom is -0.449 e. The average Bonchev–Trinajstić information content (AvgIpc) is 3.20. The summed E-state index contributed by atoms with van der Waals surface area (Å²) in [5, 5.41) is 10.6. The summed E-state index contributed by atoms with van der Waals surface area (Å²) in [7, 11) is 0. The Hall–Kier alpha value is -3.19. The summed E-state index contributed by atoms with van der Waals surface area (Å²) in [4.78, 5) is 24.5. The molecule has 0 bridgehead atoms. The molecule has 0 saturated carbocycles. The molecule has 0 radical (unpaired) electrons. The molecule has 1 atom stereocenters. The smallest absolute Gasteiger partial charge is 0.338 e. The van der Waals surface area contributed by atoms with E-state index in [-0.39, 0.29) is 0 Å². The second kappa shape index (κ2) is 8.01. The Kier molecular flexibility index (Phi) is 5.52. The molecule has 1 heterocycles. The third-order valence-electron chi connectivity index (χ3n) is 3.91. The molecule has 138 valence electrons. The molecular formula is C19H16ClN3O4. The standard InChI is InChI=1S/C19H16ClN3O4/c1-11-15(20)4-3-5-16(11)22-17(24)12(2)27-19(25)14-8-6-13(7-9-14)18-23-21-10-26-18/h3-10,12H,1-2H3,(H,22,24)/t12-/m0/s1. The van der Waals surface area contributed by atoms with Gasteiger partial charge in [0.1, 0.15) is 0 Å². The predicted octanol–water partition coefficient (Wildman–Crippen LogP) is 3.88.